The van der Waals surface area contributed by atoms with Gasteiger partial charge in [-0.2, -0.15) is 5.10 Å². The first-order chi connectivity index (χ1) is 15.1. The molecular weight excluding hydrogens is 414 g/mol. The smallest absolute Gasteiger partial charge is 0.273 e. The van der Waals surface area contributed by atoms with Crippen LogP contribution in [0.2, 0.25) is 0 Å². The van der Waals surface area contributed by atoms with E-state index in [-0.39, 0.29) is 35.5 Å². The molecule has 1 atom stereocenters. The molecule has 1 unspecified atom stereocenters. The zero-order valence-electron chi connectivity index (χ0n) is 18.3. The summed E-state index contributed by atoms with van der Waals surface area (Å²) >= 11 is 0. The van der Waals surface area contributed by atoms with Gasteiger partial charge >= 0.3 is 0 Å². The van der Waals surface area contributed by atoms with Crippen LogP contribution in [0.1, 0.15) is 49.7 Å². The SMILES string of the molecule is CC(C)(C)C(NC(=O)c1nn(Cc2ccc(F)cc2)c2c(F)cccc12)C(=O)NC1CC1. The van der Waals surface area contributed by atoms with Gasteiger partial charge in [-0.15, -0.1) is 0 Å². The molecule has 6 nitrogen and oxygen atoms in total. The van der Waals surface area contributed by atoms with Crippen LogP contribution < -0.4 is 10.6 Å². The van der Waals surface area contributed by atoms with Gasteiger partial charge in [0, 0.05) is 11.4 Å². The fourth-order valence-corrected chi connectivity index (χ4v) is 3.63. The molecule has 8 heteroatoms. The third-order valence-electron chi connectivity index (χ3n) is 5.51. The van der Waals surface area contributed by atoms with Gasteiger partial charge in [0.05, 0.1) is 6.54 Å². The second-order valence-corrected chi connectivity index (χ2v) is 9.32. The van der Waals surface area contributed by atoms with Crippen LogP contribution in [0.3, 0.4) is 0 Å². The molecule has 1 aromatic heterocycles. The number of para-hydroxylation sites is 1. The zero-order chi connectivity index (χ0) is 23.0. The standard InChI is InChI=1S/C24H26F2N4O2/c1-24(2,3)21(23(32)27-16-11-12-16)28-22(31)19-17-5-4-6-18(26)20(17)30(29-19)13-14-7-9-15(25)10-8-14/h4-10,16,21H,11-13H2,1-3H3,(H,27,32)(H,28,31). The number of hydrogen-bond donors (Lipinski definition) is 2. The second kappa shape index (κ2) is 8.33. The van der Waals surface area contributed by atoms with E-state index in [4.69, 9.17) is 0 Å². The van der Waals surface area contributed by atoms with E-state index in [1.165, 1.54) is 28.9 Å². The van der Waals surface area contributed by atoms with Crippen molar-refractivity contribution in [3.05, 3.63) is 65.4 Å². The van der Waals surface area contributed by atoms with Gasteiger partial charge in [0.1, 0.15) is 23.2 Å². The van der Waals surface area contributed by atoms with E-state index in [1.807, 2.05) is 20.8 Å². The predicted molar refractivity (Wildman–Crippen MR) is 117 cm³/mol. The Labute approximate surface area is 185 Å². The molecule has 3 aromatic rings. The number of hydrogen-bond acceptors (Lipinski definition) is 3. The van der Waals surface area contributed by atoms with E-state index < -0.39 is 23.2 Å². The maximum Gasteiger partial charge on any atom is 0.273 e. The van der Waals surface area contributed by atoms with Crippen LogP contribution in [0.5, 0.6) is 0 Å². The van der Waals surface area contributed by atoms with Gasteiger partial charge in [-0.25, -0.2) is 8.78 Å². The number of amides is 2. The summed E-state index contributed by atoms with van der Waals surface area (Å²) in [4.78, 5) is 26.0. The molecule has 1 saturated carbocycles. The first-order valence-corrected chi connectivity index (χ1v) is 10.6. The van der Waals surface area contributed by atoms with Gasteiger partial charge in [-0.3, -0.25) is 14.3 Å². The Morgan fingerprint density at radius 3 is 2.44 bits per heavy atom. The Hall–Kier alpha value is -3.29. The number of rotatable bonds is 6. The van der Waals surface area contributed by atoms with Gasteiger partial charge in [0.15, 0.2) is 5.69 Å². The van der Waals surface area contributed by atoms with Crippen molar-refractivity contribution in [2.75, 3.05) is 0 Å². The Kier molecular flexibility index (Phi) is 5.71. The summed E-state index contributed by atoms with van der Waals surface area (Å²) in [6.07, 6.45) is 1.88. The summed E-state index contributed by atoms with van der Waals surface area (Å²) in [5, 5.41) is 10.5. The second-order valence-electron chi connectivity index (χ2n) is 9.32. The number of aromatic nitrogens is 2. The molecule has 2 aromatic carbocycles. The molecule has 0 radical (unpaired) electrons. The van der Waals surface area contributed by atoms with E-state index in [0.717, 1.165) is 12.8 Å². The van der Waals surface area contributed by atoms with Crippen LogP contribution in [0.15, 0.2) is 42.5 Å². The highest BCUT2D eigenvalue weighted by Gasteiger charge is 2.36. The molecule has 1 fully saturated rings. The fourth-order valence-electron chi connectivity index (χ4n) is 3.63. The number of carbonyl (C=O) groups excluding carboxylic acids is 2. The summed E-state index contributed by atoms with van der Waals surface area (Å²) < 4.78 is 29.3. The number of carbonyl (C=O) groups is 2. The lowest BCUT2D eigenvalue weighted by atomic mass is 9.86. The number of nitrogens with one attached hydrogen (secondary N) is 2. The van der Waals surface area contributed by atoms with E-state index >= 15 is 0 Å². The number of benzene rings is 2. The largest absolute Gasteiger partial charge is 0.352 e. The molecule has 0 bridgehead atoms. The van der Waals surface area contributed by atoms with Gasteiger partial charge in [-0.1, -0.05) is 45.0 Å². The molecular formula is C24H26F2N4O2. The molecule has 0 spiro atoms. The highest BCUT2D eigenvalue weighted by molar-refractivity contribution is 6.06. The van der Waals surface area contributed by atoms with Crippen molar-refractivity contribution in [1.82, 2.24) is 20.4 Å². The Balaban J connectivity index is 1.66. The van der Waals surface area contributed by atoms with Crippen molar-refractivity contribution in [2.45, 2.75) is 52.2 Å². The Morgan fingerprint density at radius 1 is 1.12 bits per heavy atom. The molecule has 1 aliphatic rings. The highest BCUT2D eigenvalue weighted by Crippen LogP contribution is 2.26. The van der Waals surface area contributed by atoms with Crippen LogP contribution in [-0.2, 0) is 11.3 Å². The third kappa shape index (κ3) is 4.64. The van der Waals surface area contributed by atoms with E-state index in [2.05, 4.69) is 15.7 Å². The molecule has 1 aliphatic carbocycles. The number of fused-ring (bicyclic) bond motifs is 1. The van der Waals surface area contributed by atoms with E-state index in [0.29, 0.717) is 10.9 Å². The van der Waals surface area contributed by atoms with Crippen LogP contribution in [0, 0.1) is 17.0 Å². The lowest BCUT2D eigenvalue weighted by Crippen LogP contribution is -2.54. The lowest BCUT2D eigenvalue weighted by molar-refractivity contribution is -0.125. The molecule has 168 valence electrons. The van der Waals surface area contributed by atoms with Gasteiger partial charge < -0.3 is 10.6 Å². The van der Waals surface area contributed by atoms with Crippen LogP contribution in [-0.4, -0.2) is 33.7 Å². The first-order valence-electron chi connectivity index (χ1n) is 10.6. The van der Waals surface area contributed by atoms with Gasteiger partial charge in [-0.05, 0) is 42.0 Å². The quantitative estimate of drug-likeness (QED) is 0.613. The normalized spacial score (nSPS) is 14.9. The number of nitrogens with zero attached hydrogens (tertiary/aromatic N) is 2. The molecule has 1 heterocycles. The monoisotopic (exact) mass is 440 g/mol. The summed E-state index contributed by atoms with van der Waals surface area (Å²) in [5.41, 5.74) is 0.390. The Morgan fingerprint density at radius 2 is 1.81 bits per heavy atom. The third-order valence-corrected chi connectivity index (χ3v) is 5.51. The molecule has 2 amide bonds. The van der Waals surface area contributed by atoms with Crippen LogP contribution in [0.25, 0.3) is 10.9 Å². The lowest BCUT2D eigenvalue weighted by Gasteiger charge is -2.30. The molecule has 2 N–H and O–H groups in total. The van der Waals surface area contributed by atoms with Crippen molar-refractivity contribution in [3.63, 3.8) is 0 Å². The summed E-state index contributed by atoms with van der Waals surface area (Å²) in [6, 6.07) is 9.62. The van der Waals surface area contributed by atoms with Gasteiger partial charge in [0.25, 0.3) is 5.91 Å². The minimum absolute atomic E-state index is 0.0371. The molecule has 4 rings (SSSR count). The summed E-state index contributed by atoms with van der Waals surface area (Å²) in [5.74, 6) is -1.68. The van der Waals surface area contributed by atoms with Crippen molar-refractivity contribution in [2.24, 2.45) is 5.41 Å². The minimum Gasteiger partial charge on any atom is -0.352 e. The highest BCUT2D eigenvalue weighted by atomic mass is 19.1. The van der Waals surface area contributed by atoms with Gasteiger partial charge in [0.2, 0.25) is 5.91 Å². The molecule has 0 aliphatic heterocycles. The van der Waals surface area contributed by atoms with Crippen molar-refractivity contribution >= 4 is 22.7 Å². The molecule has 32 heavy (non-hydrogen) atoms. The average molecular weight is 440 g/mol. The van der Waals surface area contributed by atoms with Crippen molar-refractivity contribution in [1.29, 1.82) is 0 Å². The number of halogens is 2. The van der Waals surface area contributed by atoms with Crippen LogP contribution >= 0.6 is 0 Å². The van der Waals surface area contributed by atoms with Crippen LogP contribution in [0.4, 0.5) is 8.78 Å². The summed E-state index contributed by atoms with van der Waals surface area (Å²) in [7, 11) is 0. The first kappa shape index (κ1) is 21.9. The zero-order valence-corrected chi connectivity index (χ0v) is 18.3. The minimum atomic E-state index is -0.776. The molecule has 0 saturated heterocycles. The van der Waals surface area contributed by atoms with E-state index in [9.17, 15) is 18.4 Å². The van der Waals surface area contributed by atoms with E-state index in [1.54, 1.807) is 18.2 Å². The maximum atomic E-state index is 14.7. The topological polar surface area (TPSA) is 76.0 Å². The summed E-state index contributed by atoms with van der Waals surface area (Å²) in [6.45, 7) is 5.77. The fraction of sp³-hybridized carbons (Fsp3) is 0.375. The maximum absolute atomic E-state index is 14.7. The Bertz CT molecular complexity index is 1160. The average Bonchev–Trinajstić information content (AvgIpc) is 3.46. The van der Waals surface area contributed by atoms with Crippen molar-refractivity contribution < 1.29 is 18.4 Å². The predicted octanol–water partition coefficient (Wildman–Crippen LogP) is 3.79. The van der Waals surface area contributed by atoms with Crippen molar-refractivity contribution in [3.8, 4) is 0 Å².